The van der Waals surface area contributed by atoms with Gasteiger partial charge in [-0.15, -0.1) is 0 Å². The number of ether oxygens (including phenoxy) is 2. The van der Waals surface area contributed by atoms with Gasteiger partial charge in [-0.25, -0.2) is 0 Å². The standard InChI is InChI=1S/C26H28F3N3O3/c1-3-34-24-15-25(33)31(2)16-22(24)21-14-18(30)6-9-23(21)35-20-10-12-32(13-11-20)19-7-4-17(5-8-19)26(27,28)29/h4-9,14-16,20H,3,10-13,30H2,1-2H3. The first kappa shape index (κ1) is 24.5. The Morgan fingerprint density at radius 2 is 1.69 bits per heavy atom. The molecule has 1 aromatic heterocycles. The van der Waals surface area contributed by atoms with Gasteiger partial charge in [-0.3, -0.25) is 4.79 Å². The van der Waals surface area contributed by atoms with Crippen LogP contribution < -0.4 is 25.7 Å². The molecule has 1 aliphatic heterocycles. The summed E-state index contributed by atoms with van der Waals surface area (Å²) in [5.41, 5.74) is 7.99. The van der Waals surface area contributed by atoms with Crippen molar-refractivity contribution in [1.82, 2.24) is 4.57 Å². The van der Waals surface area contributed by atoms with Crippen LogP contribution >= 0.6 is 0 Å². The Morgan fingerprint density at radius 3 is 2.31 bits per heavy atom. The number of aryl methyl sites for hydroxylation is 1. The van der Waals surface area contributed by atoms with E-state index in [4.69, 9.17) is 15.2 Å². The minimum Gasteiger partial charge on any atom is -0.493 e. The molecular formula is C26H28F3N3O3. The summed E-state index contributed by atoms with van der Waals surface area (Å²) in [4.78, 5) is 14.2. The van der Waals surface area contributed by atoms with E-state index < -0.39 is 11.7 Å². The van der Waals surface area contributed by atoms with Crippen molar-refractivity contribution in [3.8, 4) is 22.6 Å². The smallest absolute Gasteiger partial charge is 0.416 e. The molecule has 0 aliphatic carbocycles. The SMILES string of the molecule is CCOc1cc(=O)n(C)cc1-c1cc(N)ccc1OC1CCN(c2ccc(C(F)(F)F)cc2)CC1. The maximum Gasteiger partial charge on any atom is 0.416 e. The van der Waals surface area contributed by atoms with Gasteiger partial charge >= 0.3 is 6.18 Å². The molecule has 0 unspecified atom stereocenters. The van der Waals surface area contributed by atoms with E-state index in [1.807, 2.05) is 13.0 Å². The number of piperidine rings is 1. The second kappa shape index (κ2) is 9.93. The number of nitrogens with two attached hydrogens (primary N) is 1. The van der Waals surface area contributed by atoms with Crippen LogP contribution in [0.3, 0.4) is 0 Å². The van der Waals surface area contributed by atoms with Crippen LogP contribution in [0.5, 0.6) is 11.5 Å². The molecule has 186 valence electrons. The van der Waals surface area contributed by atoms with Crippen LogP contribution in [0.2, 0.25) is 0 Å². The molecule has 0 saturated carbocycles. The topological polar surface area (TPSA) is 69.7 Å². The van der Waals surface area contributed by atoms with Gasteiger partial charge < -0.3 is 24.7 Å². The quantitative estimate of drug-likeness (QED) is 0.490. The van der Waals surface area contributed by atoms with E-state index in [9.17, 15) is 18.0 Å². The van der Waals surface area contributed by atoms with Gasteiger partial charge in [0.05, 0.1) is 12.2 Å². The van der Waals surface area contributed by atoms with Crippen LogP contribution in [0.4, 0.5) is 24.5 Å². The maximum atomic E-state index is 12.8. The highest BCUT2D eigenvalue weighted by atomic mass is 19.4. The van der Waals surface area contributed by atoms with Crippen LogP contribution in [0.25, 0.3) is 11.1 Å². The molecule has 0 bridgehead atoms. The number of halogens is 3. The van der Waals surface area contributed by atoms with Crippen molar-refractivity contribution in [2.75, 3.05) is 30.3 Å². The maximum absolute atomic E-state index is 12.8. The second-order valence-electron chi connectivity index (χ2n) is 8.54. The number of nitrogens with zero attached hydrogens (tertiary/aromatic N) is 2. The largest absolute Gasteiger partial charge is 0.493 e. The molecule has 0 atom stereocenters. The van der Waals surface area contributed by atoms with Crippen molar-refractivity contribution < 1.29 is 22.6 Å². The van der Waals surface area contributed by atoms with Crippen LogP contribution in [-0.4, -0.2) is 30.4 Å². The first-order valence-electron chi connectivity index (χ1n) is 11.5. The lowest BCUT2D eigenvalue weighted by molar-refractivity contribution is -0.137. The van der Waals surface area contributed by atoms with Crippen molar-refractivity contribution in [2.24, 2.45) is 7.05 Å². The third kappa shape index (κ3) is 5.55. The number of nitrogen functional groups attached to an aromatic ring is 1. The van der Waals surface area contributed by atoms with E-state index >= 15 is 0 Å². The van der Waals surface area contributed by atoms with Crippen molar-refractivity contribution >= 4 is 11.4 Å². The van der Waals surface area contributed by atoms with Gasteiger partial charge in [0.1, 0.15) is 17.6 Å². The number of alkyl halides is 3. The molecule has 4 rings (SSSR count). The molecule has 1 saturated heterocycles. The fraction of sp³-hybridized carbons (Fsp3) is 0.346. The molecule has 9 heteroatoms. The molecule has 2 heterocycles. The Morgan fingerprint density at radius 1 is 1.00 bits per heavy atom. The zero-order valence-corrected chi connectivity index (χ0v) is 19.6. The van der Waals surface area contributed by atoms with E-state index in [1.54, 1.807) is 25.4 Å². The number of benzene rings is 2. The van der Waals surface area contributed by atoms with E-state index in [-0.39, 0.29) is 11.7 Å². The molecule has 35 heavy (non-hydrogen) atoms. The van der Waals surface area contributed by atoms with Crippen molar-refractivity contribution in [2.45, 2.75) is 32.0 Å². The highest BCUT2D eigenvalue weighted by Gasteiger charge is 2.30. The Kier molecular flexibility index (Phi) is 6.95. The van der Waals surface area contributed by atoms with Gasteiger partial charge in [0.25, 0.3) is 5.56 Å². The molecule has 3 aromatic rings. The molecule has 6 nitrogen and oxygen atoms in total. The molecule has 0 spiro atoms. The summed E-state index contributed by atoms with van der Waals surface area (Å²) in [6.45, 7) is 3.57. The minimum atomic E-state index is -4.34. The molecule has 0 amide bonds. The number of hydrogen-bond donors (Lipinski definition) is 1. The summed E-state index contributed by atoms with van der Waals surface area (Å²) in [6, 6.07) is 12.1. The Balaban J connectivity index is 1.51. The van der Waals surface area contributed by atoms with Crippen LogP contribution in [0.15, 0.2) is 59.5 Å². The lowest BCUT2D eigenvalue weighted by Gasteiger charge is -2.34. The van der Waals surface area contributed by atoms with E-state index in [0.29, 0.717) is 55.3 Å². The van der Waals surface area contributed by atoms with Gasteiger partial charge in [0, 0.05) is 67.7 Å². The number of hydrogen-bond acceptors (Lipinski definition) is 5. The van der Waals surface area contributed by atoms with Crippen LogP contribution in [0, 0.1) is 0 Å². The number of rotatable bonds is 6. The first-order chi connectivity index (χ1) is 16.7. The minimum absolute atomic E-state index is 0.0776. The Labute approximate surface area is 201 Å². The fourth-order valence-electron chi connectivity index (χ4n) is 4.22. The first-order valence-corrected chi connectivity index (χ1v) is 11.5. The van der Waals surface area contributed by atoms with Gasteiger partial charge in [0.15, 0.2) is 0 Å². The highest BCUT2D eigenvalue weighted by molar-refractivity contribution is 5.77. The summed E-state index contributed by atoms with van der Waals surface area (Å²) < 4.78 is 52.1. The summed E-state index contributed by atoms with van der Waals surface area (Å²) in [5.74, 6) is 1.09. The molecule has 2 N–H and O–H groups in total. The monoisotopic (exact) mass is 487 g/mol. The lowest BCUT2D eigenvalue weighted by atomic mass is 10.0. The van der Waals surface area contributed by atoms with Crippen LogP contribution in [0.1, 0.15) is 25.3 Å². The number of anilines is 2. The van der Waals surface area contributed by atoms with Crippen molar-refractivity contribution in [1.29, 1.82) is 0 Å². The van der Waals surface area contributed by atoms with Crippen molar-refractivity contribution in [3.63, 3.8) is 0 Å². The van der Waals surface area contributed by atoms with Gasteiger partial charge in [-0.1, -0.05) is 0 Å². The second-order valence-corrected chi connectivity index (χ2v) is 8.54. The number of aromatic nitrogens is 1. The van der Waals surface area contributed by atoms with E-state index in [0.717, 1.165) is 23.4 Å². The van der Waals surface area contributed by atoms with Gasteiger partial charge in [-0.2, -0.15) is 13.2 Å². The summed E-state index contributed by atoms with van der Waals surface area (Å²) in [7, 11) is 1.67. The normalized spacial score (nSPS) is 14.7. The predicted molar refractivity (Wildman–Crippen MR) is 130 cm³/mol. The molecule has 1 aliphatic rings. The lowest BCUT2D eigenvalue weighted by Crippen LogP contribution is -2.38. The van der Waals surface area contributed by atoms with Gasteiger partial charge in [-0.05, 0) is 49.4 Å². The third-order valence-electron chi connectivity index (χ3n) is 6.08. The number of pyridine rings is 1. The fourth-order valence-corrected chi connectivity index (χ4v) is 4.22. The molecular weight excluding hydrogens is 459 g/mol. The average molecular weight is 488 g/mol. The molecule has 2 aromatic carbocycles. The summed E-state index contributed by atoms with van der Waals surface area (Å²) in [5, 5.41) is 0. The highest BCUT2D eigenvalue weighted by Crippen LogP contribution is 2.38. The zero-order valence-electron chi connectivity index (χ0n) is 19.6. The van der Waals surface area contributed by atoms with Gasteiger partial charge in [0.2, 0.25) is 0 Å². The molecule has 0 radical (unpaired) electrons. The Bertz CT molecular complexity index is 1230. The van der Waals surface area contributed by atoms with E-state index in [2.05, 4.69) is 4.90 Å². The van der Waals surface area contributed by atoms with Crippen LogP contribution in [-0.2, 0) is 13.2 Å². The third-order valence-corrected chi connectivity index (χ3v) is 6.08. The van der Waals surface area contributed by atoms with Crippen molar-refractivity contribution in [3.05, 3.63) is 70.6 Å². The Hall–Kier alpha value is -3.62. The summed E-state index contributed by atoms with van der Waals surface area (Å²) in [6.07, 6.45) is -1.30. The zero-order chi connectivity index (χ0) is 25.2. The predicted octanol–water partition coefficient (Wildman–Crippen LogP) is 5.10. The average Bonchev–Trinajstić information content (AvgIpc) is 2.83. The molecule has 1 fully saturated rings. The summed E-state index contributed by atoms with van der Waals surface area (Å²) >= 11 is 0. The van der Waals surface area contributed by atoms with E-state index in [1.165, 1.54) is 22.8 Å².